The molecule has 2 aromatic rings. The Hall–Kier alpha value is -1.72. The van der Waals surface area contributed by atoms with Gasteiger partial charge in [-0.2, -0.15) is 5.10 Å². The predicted molar refractivity (Wildman–Crippen MR) is 82.1 cm³/mol. The fourth-order valence-electron chi connectivity index (χ4n) is 2.32. The molecule has 2 rings (SSSR count). The van der Waals surface area contributed by atoms with E-state index < -0.39 is 0 Å². The third-order valence-corrected chi connectivity index (χ3v) is 3.85. The molecule has 0 saturated carbocycles. The number of hydrogen-bond donors (Lipinski definition) is 2. The van der Waals surface area contributed by atoms with Gasteiger partial charge in [-0.25, -0.2) is 4.39 Å². The number of aromatic nitrogens is 2. The Morgan fingerprint density at radius 3 is 2.81 bits per heavy atom. The van der Waals surface area contributed by atoms with E-state index >= 15 is 0 Å². The quantitative estimate of drug-likeness (QED) is 0.635. The molecule has 2 unspecified atom stereocenters. The first-order chi connectivity index (χ1) is 10.0. The Labute approximate surface area is 125 Å². The summed E-state index contributed by atoms with van der Waals surface area (Å²) < 4.78 is 15.9. The van der Waals surface area contributed by atoms with E-state index in [1.807, 2.05) is 29.9 Å². The lowest BCUT2D eigenvalue weighted by Crippen LogP contribution is -2.30. The van der Waals surface area contributed by atoms with Crippen molar-refractivity contribution in [1.29, 1.82) is 0 Å². The molecule has 0 spiro atoms. The van der Waals surface area contributed by atoms with Crippen LogP contribution in [0.4, 0.5) is 4.39 Å². The van der Waals surface area contributed by atoms with Crippen LogP contribution in [0.1, 0.15) is 49.2 Å². The summed E-state index contributed by atoms with van der Waals surface area (Å²) in [5, 5.41) is 4.55. The molecule has 5 heteroatoms. The molecule has 0 aliphatic carbocycles. The SMILES string of the molecule is CCC(C)n1ccc(CC(NN)c2cc(C)ccc2F)n1. The van der Waals surface area contributed by atoms with Crippen molar-refractivity contribution >= 4 is 0 Å². The first-order valence-electron chi connectivity index (χ1n) is 7.31. The highest BCUT2D eigenvalue weighted by Crippen LogP contribution is 2.22. The van der Waals surface area contributed by atoms with Crippen molar-refractivity contribution in [1.82, 2.24) is 15.2 Å². The number of rotatable bonds is 6. The van der Waals surface area contributed by atoms with Crippen LogP contribution in [0, 0.1) is 12.7 Å². The van der Waals surface area contributed by atoms with Gasteiger partial charge in [-0.1, -0.05) is 24.6 Å². The van der Waals surface area contributed by atoms with Crippen molar-refractivity contribution in [3.05, 3.63) is 53.1 Å². The molecule has 0 bridgehead atoms. The number of benzene rings is 1. The van der Waals surface area contributed by atoms with Gasteiger partial charge in [0.2, 0.25) is 0 Å². The fourth-order valence-corrected chi connectivity index (χ4v) is 2.32. The third-order valence-electron chi connectivity index (χ3n) is 3.85. The van der Waals surface area contributed by atoms with E-state index in [1.54, 1.807) is 6.07 Å². The maximum absolute atomic E-state index is 14.0. The van der Waals surface area contributed by atoms with Gasteiger partial charge in [-0.3, -0.25) is 16.0 Å². The van der Waals surface area contributed by atoms with E-state index in [0.717, 1.165) is 17.7 Å². The van der Waals surface area contributed by atoms with Gasteiger partial charge in [0.05, 0.1) is 11.7 Å². The van der Waals surface area contributed by atoms with Crippen molar-refractivity contribution in [2.75, 3.05) is 0 Å². The number of nitrogens with zero attached hydrogens (tertiary/aromatic N) is 2. The highest BCUT2D eigenvalue weighted by molar-refractivity contribution is 5.27. The molecule has 21 heavy (non-hydrogen) atoms. The Kier molecular flexibility index (Phi) is 5.09. The average molecular weight is 290 g/mol. The number of nitrogens with two attached hydrogens (primary N) is 1. The van der Waals surface area contributed by atoms with E-state index in [2.05, 4.69) is 24.4 Å². The minimum absolute atomic E-state index is 0.245. The monoisotopic (exact) mass is 290 g/mol. The van der Waals surface area contributed by atoms with E-state index in [9.17, 15) is 4.39 Å². The summed E-state index contributed by atoms with van der Waals surface area (Å²) in [6.07, 6.45) is 3.54. The van der Waals surface area contributed by atoms with Crippen molar-refractivity contribution in [3.63, 3.8) is 0 Å². The molecule has 0 saturated heterocycles. The van der Waals surface area contributed by atoms with Crippen LogP contribution in [-0.4, -0.2) is 9.78 Å². The first-order valence-corrected chi connectivity index (χ1v) is 7.31. The van der Waals surface area contributed by atoms with Gasteiger partial charge in [0.25, 0.3) is 0 Å². The van der Waals surface area contributed by atoms with Crippen molar-refractivity contribution in [2.45, 2.75) is 45.7 Å². The van der Waals surface area contributed by atoms with Gasteiger partial charge in [0, 0.05) is 24.2 Å². The van der Waals surface area contributed by atoms with Crippen LogP contribution in [0.3, 0.4) is 0 Å². The van der Waals surface area contributed by atoms with E-state index in [0.29, 0.717) is 18.0 Å². The summed E-state index contributed by atoms with van der Waals surface area (Å²) >= 11 is 0. The second kappa shape index (κ2) is 6.83. The second-order valence-corrected chi connectivity index (χ2v) is 5.49. The summed E-state index contributed by atoms with van der Waals surface area (Å²) in [5.74, 6) is 5.37. The highest BCUT2D eigenvalue weighted by atomic mass is 19.1. The zero-order chi connectivity index (χ0) is 15.4. The minimum atomic E-state index is -0.287. The van der Waals surface area contributed by atoms with Crippen LogP contribution >= 0.6 is 0 Å². The van der Waals surface area contributed by atoms with Crippen LogP contribution < -0.4 is 11.3 Å². The van der Waals surface area contributed by atoms with Gasteiger partial charge in [0.15, 0.2) is 0 Å². The lowest BCUT2D eigenvalue weighted by atomic mass is 10.0. The lowest BCUT2D eigenvalue weighted by Gasteiger charge is -2.16. The minimum Gasteiger partial charge on any atom is -0.271 e. The molecule has 1 heterocycles. The van der Waals surface area contributed by atoms with Gasteiger partial charge >= 0.3 is 0 Å². The van der Waals surface area contributed by atoms with Gasteiger partial charge in [-0.15, -0.1) is 0 Å². The number of halogens is 1. The summed E-state index contributed by atoms with van der Waals surface area (Å²) in [6.45, 7) is 6.18. The normalized spacial score (nSPS) is 14.1. The Balaban J connectivity index is 2.19. The number of aryl methyl sites for hydroxylation is 1. The maximum atomic E-state index is 14.0. The number of hydrogen-bond acceptors (Lipinski definition) is 3. The number of hydrazine groups is 1. The Morgan fingerprint density at radius 1 is 1.38 bits per heavy atom. The zero-order valence-electron chi connectivity index (χ0n) is 12.8. The maximum Gasteiger partial charge on any atom is 0.128 e. The molecule has 0 amide bonds. The van der Waals surface area contributed by atoms with Gasteiger partial charge < -0.3 is 0 Å². The van der Waals surface area contributed by atoms with Crippen LogP contribution in [0.25, 0.3) is 0 Å². The largest absolute Gasteiger partial charge is 0.271 e. The molecule has 3 N–H and O–H groups in total. The van der Waals surface area contributed by atoms with Gasteiger partial charge in [-0.05, 0) is 32.4 Å². The average Bonchev–Trinajstić information content (AvgIpc) is 2.95. The van der Waals surface area contributed by atoms with Crippen LogP contribution in [0.2, 0.25) is 0 Å². The lowest BCUT2D eigenvalue weighted by molar-refractivity contribution is 0.463. The molecule has 0 aliphatic heterocycles. The molecular formula is C16H23FN4. The van der Waals surface area contributed by atoms with Crippen molar-refractivity contribution in [2.24, 2.45) is 5.84 Å². The van der Waals surface area contributed by atoms with E-state index in [-0.39, 0.29) is 11.9 Å². The standard InChI is InChI=1S/C16H23FN4/c1-4-12(3)21-8-7-13(20-21)10-16(19-18)14-9-11(2)5-6-15(14)17/h5-9,12,16,19H,4,10,18H2,1-3H3. The molecule has 0 fully saturated rings. The van der Waals surface area contributed by atoms with Crippen LogP contribution in [0.15, 0.2) is 30.5 Å². The molecule has 4 nitrogen and oxygen atoms in total. The smallest absolute Gasteiger partial charge is 0.128 e. The topological polar surface area (TPSA) is 55.9 Å². The molecule has 0 aliphatic rings. The molecule has 1 aromatic heterocycles. The molecule has 2 atom stereocenters. The summed E-state index contributed by atoms with van der Waals surface area (Å²) in [5.41, 5.74) is 5.19. The first kappa shape index (κ1) is 15.7. The highest BCUT2D eigenvalue weighted by Gasteiger charge is 2.17. The van der Waals surface area contributed by atoms with Crippen LogP contribution in [0.5, 0.6) is 0 Å². The van der Waals surface area contributed by atoms with Crippen LogP contribution in [-0.2, 0) is 6.42 Å². The van der Waals surface area contributed by atoms with E-state index in [4.69, 9.17) is 5.84 Å². The fraction of sp³-hybridized carbons (Fsp3) is 0.438. The summed E-state index contributed by atoms with van der Waals surface area (Å²) in [6, 6.07) is 7.09. The second-order valence-electron chi connectivity index (χ2n) is 5.49. The molecule has 114 valence electrons. The summed E-state index contributed by atoms with van der Waals surface area (Å²) in [7, 11) is 0. The molecule has 1 aromatic carbocycles. The van der Waals surface area contributed by atoms with Crippen molar-refractivity contribution in [3.8, 4) is 0 Å². The summed E-state index contributed by atoms with van der Waals surface area (Å²) in [4.78, 5) is 0. The van der Waals surface area contributed by atoms with Crippen molar-refractivity contribution < 1.29 is 4.39 Å². The number of nitrogens with one attached hydrogen (secondary N) is 1. The van der Waals surface area contributed by atoms with E-state index in [1.165, 1.54) is 6.07 Å². The molecular weight excluding hydrogens is 267 g/mol. The molecule has 0 radical (unpaired) electrons. The Bertz CT molecular complexity index is 594. The zero-order valence-corrected chi connectivity index (χ0v) is 12.8. The van der Waals surface area contributed by atoms with Gasteiger partial charge in [0.1, 0.15) is 5.82 Å². The third kappa shape index (κ3) is 3.68. The Morgan fingerprint density at radius 2 is 2.14 bits per heavy atom. The predicted octanol–water partition coefficient (Wildman–Crippen LogP) is 3.05.